The van der Waals surface area contributed by atoms with Gasteiger partial charge in [0.05, 0.1) is 0 Å². The SMILES string of the molecule is CC(C)(C)C1CCC(C(CC2CCCC2)NN)CC1. The Morgan fingerprint density at radius 3 is 2.05 bits per heavy atom. The summed E-state index contributed by atoms with van der Waals surface area (Å²) in [4.78, 5) is 0. The van der Waals surface area contributed by atoms with Crippen LogP contribution in [-0.4, -0.2) is 6.04 Å². The van der Waals surface area contributed by atoms with E-state index < -0.39 is 0 Å². The second kappa shape index (κ2) is 6.58. The number of hydrogen-bond acceptors (Lipinski definition) is 2. The average molecular weight is 266 g/mol. The van der Waals surface area contributed by atoms with Crippen molar-refractivity contribution in [2.75, 3.05) is 0 Å². The third kappa shape index (κ3) is 4.19. The molecule has 2 nitrogen and oxygen atoms in total. The van der Waals surface area contributed by atoms with Crippen LogP contribution in [0.2, 0.25) is 0 Å². The quantitative estimate of drug-likeness (QED) is 0.589. The molecule has 0 spiro atoms. The second-order valence-corrected chi connectivity index (χ2v) is 8.14. The summed E-state index contributed by atoms with van der Waals surface area (Å²) < 4.78 is 0. The topological polar surface area (TPSA) is 38.0 Å². The molecule has 2 heteroatoms. The van der Waals surface area contributed by atoms with Gasteiger partial charge >= 0.3 is 0 Å². The zero-order valence-corrected chi connectivity index (χ0v) is 13.3. The zero-order valence-electron chi connectivity index (χ0n) is 13.3. The maximum Gasteiger partial charge on any atom is 0.0241 e. The molecule has 0 aromatic carbocycles. The van der Waals surface area contributed by atoms with Crippen molar-refractivity contribution in [3.8, 4) is 0 Å². The van der Waals surface area contributed by atoms with Gasteiger partial charge in [0.1, 0.15) is 0 Å². The number of rotatable bonds is 4. The molecule has 2 fully saturated rings. The number of nitrogens with one attached hydrogen (secondary N) is 1. The van der Waals surface area contributed by atoms with E-state index in [1.54, 1.807) is 0 Å². The van der Waals surface area contributed by atoms with Crippen LogP contribution in [0.15, 0.2) is 0 Å². The first-order chi connectivity index (χ1) is 9.00. The van der Waals surface area contributed by atoms with E-state index in [2.05, 4.69) is 26.2 Å². The van der Waals surface area contributed by atoms with Gasteiger partial charge in [0.25, 0.3) is 0 Å². The fraction of sp³-hybridized carbons (Fsp3) is 1.00. The summed E-state index contributed by atoms with van der Waals surface area (Å²) in [6, 6.07) is 0.573. The molecule has 19 heavy (non-hydrogen) atoms. The second-order valence-electron chi connectivity index (χ2n) is 8.14. The minimum Gasteiger partial charge on any atom is -0.271 e. The largest absolute Gasteiger partial charge is 0.271 e. The van der Waals surface area contributed by atoms with E-state index in [1.165, 1.54) is 57.8 Å². The summed E-state index contributed by atoms with van der Waals surface area (Å²) in [6.07, 6.45) is 12.6. The lowest BCUT2D eigenvalue weighted by Crippen LogP contribution is -2.44. The summed E-state index contributed by atoms with van der Waals surface area (Å²) in [5.41, 5.74) is 3.64. The molecule has 2 aliphatic rings. The van der Waals surface area contributed by atoms with Gasteiger partial charge in [-0.1, -0.05) is 46.5 Å². The Morgan fingerprint density at radius 2 is 1.58 bits per heavy atom. The van der Waals surface area contributed by atoms with Crippen molar-refractivity contribution in [3.63, 3.8) is 0 Å². The van der Waals surface area contributed by atoms with Gasteiger partial charge in [0.15, 0.2) is 0 Å². The highest BCUT2D eigenvalue weighted by molar-refractivity contribution is 4.86. The van der Waals surface area contributed by atoms with Gasteiger partial charge in [0.2, 0.25) is 0 Å². The van der Waals surface area contributed by atoms with Crippen LogP contribution in [0.5, 0.6) is 0 Å². The molecular formula is C17H34N2. The maximum absolute atomic E-state index is 5.85. The van der Waals surface area contributed by atoms with Gasteiger partial charge in [-0.15, -0.1) is 0 Å². The summed E-state index contributed by atoms with van der Waals surface area (Å²) in [5, 5.41) is 0. The van der Waals surface area contributed by atoms with E-state index in [1.807, 2.05) is 0 Å². The summed E-state index contributed by atoms with van der Waals surface area (Å²) >= 11 is 0. The molecule has 0 heterocycles. The fourth-order valence-electron chi connectivity index (χ4n) is 4.39. The third-order valence-corrected chi connectivity index (χ3v) is 5.84. The predicted molar refractivity (Wildman–Crippen MR) is 82.6 cm³/mol. The molecule has 0 radical (unpaired) electrons. The van der Waals surface area contributed by atoms with Crippen LogP contribution in [0, 0.1) is 23.2 Å². The highest BCUT2D eigenvalue weighted by Crippen LogP contribution is 2.42. The van der Waals surface area contributed by atoms with Gasteiger partial charge in [0, 0.05) is 6.04 Å². The van der Waals surface area contributed by atoms with Crippen LogP contribution in [0.3, 0.4) is 0 Å². The minimum atomic E-state index is 0.488. The lowest BCUT2D eigenvalue weighted by molar-refractivity contribution is 0.126. The first-order valence-electron chi connectivity index (χ1n) is 8.47. The molecule has 0 bridgehead atoms. The summed E-state index contributed by atoms with van der Waals surface area (Å²) in [6.45, 7) is 7.19. The van der Waals surface area contributed by atoms with E-state index in [4.69, 9.17) is 5.84 Å². The third-order valence-electron chi connectivity index (χ3n) is 5.84. The van der Waals surface area contributed by atoms with Crippen molar-refractivity contribution in [1.82, 2.24) is 5.43 Å². The number of hydrogen-bond donors (Lipinski definition) is 2. The Kier molecular flexibility index (Phi) is 5.30. The maximum atomic E-state index is 5.85. The van der Waals surface area contributed by atoms with E-state index in [0.29, 0.717) is 11.5 Å². The summed E-state index contributed by atoms with van der Waals surface area (Å²) in [7, 11) is 0. The molecule has 0 aliphatic heterocycles. The standard InChI is InChI=1S/C17H34N2/c1-17(2,3)15-10-8-14(9-11-15)16(19-18)12-13-6-4-5-7-13/h13-16,19H,4-12,18H2,1-3H3. The Morgan fingerprint density at radius 1 is 1.00 bits per heavy atom. The lowest BCUT2D eigenvalue weighted by Gasteiger charge is -2.39. The van der Waals surface area contributed by atoms with Gasteiger partial charge in [-0.3, -0.25) is 11.3 Å². The molecule has 0 amide bonds. The summed E-state index contributed by atoms with van der Waals surface area (Å²) in [5.74, 6) is 8.53. The smallest absolute Gasteiger partial charge is 0.0241 e. The first kappa shape index (κ1) is 15.3. The van der Waals surface area contributed by atoms with Crippen molar-refractivity contribution in [3.05, 3.63) is 0 Å². The van der Waals surface area contributed by atoms with Crippen LogP contribution in [0.25, 0.3) is 0 Å². The van der Waals surface area contributed by atoms with E-state index in [0.717, 1.165) is 17.8 Å². The van der Waals surface area contributed by atoms with Crippen molar-refractivity contribution in [2.24, 2.45) is 29.0 Å². The highest BCUT2D eigenvalue weighted by atomic mass is 15.2. The Hall–Kier alpha value is -0.0800. The zero-order chi connectivity index (χ0) is 13.9. The lowest BCUT2D eigenvalue weighted by atomic mass is 9.68. The highest BCUT2D eigenvalue weighted by Gasteiger charge is 2.33. The average Bonchev–Trinajstić information content (AvgIpc) is 2.88. The Balaban J connectivity index is 1.81. The molecular weight excluding hydrogens is 232 g/mol. The van der Waals surface area contributed by atoms with E-state index >= 15 is 0 Å². The molecule has 112 valence electrons. The van der Waals surface area contributed by atoms with E-state index in [-0.39, 0.29) is 0 Å². The van der Waals surface area contributed by atoms with Crippen LogP contribution in [0.4, 0.5) is 0 Å². The molecule has 1 unspecified atom stereocenters. The van der Waals surface area contributed by atoms with Crippen LogP contribution < -0.4 is 11.3 Å². The normalized spacial score (nSPS) is 31.6. The minimum absolute atomic E-state index is 0.488. The predicted octanol–water partition coefficient (Wildman–Crippen LogP) is 4.25. The van der Waals surface area contributed by atoms with Crippen molar-refractivity contribution < 1.29 is 0 Å². The van der Waals surface area contributed by atoms with Gasteiger partial charge in [-0.25, -0.2) is 0 Å². The monoisotopic (exact) mass is 266 g/mol. The van der Waals surface area contributed by atoms with E-state index in [9.17, 15) is 0 Å². The molecule has 0 aromatic heterocycles. The molecule has 2 rings (SSSR count). The van der Waals surface area contributed by atoms with Gasteiger partial charge in [-0.05, 0) is 55.3 Å². The first-order valence-corrected chi connectivity index (χ1v) is 8.47. The van der Waals surface area contributed by atoms with Crippen molar-refractivity contribution in [2.45, 2.75) is 84.6 Å². The van der Waals surface area contributed by atoms with Gasteiger partial charge in [-0.2, -0.15) is 0 Å². The molecule has 1 atom stereocenters. The Labute approximate surface area is 119 Å². The van der Waals surface area contributed by atoms with Crippen molar-refractivity contribution in [1.29, 1.82) is 0 Å². The molecule has 0 saturated heterocycles. The molecule has 2 aliphatic carbocycles. The Bertz CT molecular complexity index is 255. The van der Waals surface area contributed by atoms with Crippen LogP contribution >= 0.6 is 0 Å². The molecule has 3 N–H and O–H groups in total. The molecule has 0 aromatic rings. The van der Waals surface area contributed by atoms with Gasteiger partial charge < -0.3 is 0 Å². The van der Waals surface area contributed by atoms with Crippen LogP contribution in [-0.2, 0) is 0 Å². The number of nitrogens with two attached hydrogens (primary N) is 1. The van der Waals surface area contributed by atoms with Crippen LogP contribution in [0.1, 0.15) is 78.6 Å². The molecule has 2 saturated carbocycles. The number of hydrazine groups is 1. The fourth-order valence-corrected chi connectivity index (χ4v) is 4.39. The van der Waals surface area contributed by atoms with Crippen molar-refractivity contribution >= 4 is 0 Å².